The molecule has 1 fully saturated rings. The average molecular weight is 315 g/mol. The zero-order chi connectivity index (χ0) is 16.5. The van der Waals surface area contributed by atoms with Crippen molar-refractivity contribution in [3.05, 3.63) is 35.9 Å². The van der Waals surface area contributed by atoms with Crippen LogP contribution < -0.4 is 5.19 Å². The molecule has 1 aromatic carbocycles. The molecule has 22 heavy (non-hydrogen) atoms. The summed E-state index contributed by atoms with van der Waals surface area (Å²) in [5.74, 6) is 0.827. The predicted molar refractivity (Wildman–Crippen MR) is 103 cm³/mol. The van der Waals surface area contributed by atoms with E-state index in [9.17, 15) is 0 Å². The highest BCUT2D eigenvalue weighted by molar-refractivity contribution is 6.95. The zero-order valence-electron chi connectivity index (χ0n) is 15.6. The Labute approximate surface area is 139 Å². The third kappa shape index (κ3) is 2.97. The highest BCUT2D eigenvalue weighted by atomic mass is 28.3. The molecule has 0 aromatic heterocycles. The van der Waals surface area contributed by atoms with Crippen molar-refractivity contribution in [2.24, 2.45) is 5.92 Å². The van der Waals surface area contributed by atoms with Crippen molar-refractivity contribution in [2.45, 2.75) is 77.9 Å². The lowest BCUT2D eigenvalue weighted by Crippen LogP contribution is -2.55. The highest BCUT2D eigenvalue weighted by Crippen LogP contribution is 2.44. The topological polar surface area (TPSA) is 0 Å². The van der Waals surface area contributed by atoms with Crippen molar-refractivity contribution >= 4 is 18.8 Å². The predicted octanol–water partition coefficient (Wildman–Crippen LogP) is 6.39. The van der Waals surface area contributed by atoms with Gasteiger partial charge in [0.05, 0.1) is 8.07 Å². The van der Waals surface area contributed by atoms with Crippen LogP contribution in [0.3, 0.4) is 0 Å². The van der Waals surface area contributed by atoms with Gasteiger partial charge in [0.25, 0.3) is 0 Å². The lowest BCUT2D eigenvalue weighted by Gasteiger charge is -2.44. The molecule has 122 valence electrons. The second-order valence-electron chi connectivity index (χ2n) is 8.00. The third-order valence-electron chi connectivity index (χ3n) is 5.89. The van der Waals surface area contributed by atoms with Gasteiger partial charge in [-0.05, 0) is 53.4 Å². The molecule has 0 heterocycles. The fourth-order valence-electron chi connectivity index (χ4n) is 5.00. The Morgan fingerprint density at radius 1 is 1.00 bits per heavy atom. The van der Waals surface area contributed by atoms with Gasteiger partial charge in [-0.2, -0.15) is 0 Å². The Balaban J connectivity index is 2.53. The molecule has 0 unspecified atom stereocenters. The van der Waals surface area contributed by atoms with E-state index < -0.39 is 8.07 Å². The molecule has 1 aromatic rings. The van der Waals surface area contributed by atoms with Crippen LogP contribution >= 0.6 is 0 Å². The van der Waals surface area contributed by atoms with E-state index >= 15 is 0 Å². The molecule has 0 atom stereocenters. The first kappa shape index (κ1) is 17.5. The molecule has 0 nitrogen and oxygen atoms in total. The van der Waals surface area contributed by atoms with Gasteiger partial charge in [0, 0.05) is 0 Å². The molecule has 2 rings (SSSR count). The summed E-state index contributed by atoms with van der Waals surface area (Å²) in [6.45, 7) is 16.9. The number of benzene rings is 1. The van der Waals surface area contributed by atoms with Crippen LogP contribution in [0.25, 0.3) is 5.57 Å². The first-order valence-electron chi connectivity index (χ1n) is 9.12. The molecule has 0 spiro atoms. The molecule has 1 aliphatic carbocycles. The van der Waals surface area contributed by atoms with Crippen molar-refractivity contribution in [2.75, 3.05) is 0 Å². The summed E-state index contributed by atoms with van der Waals surface area (Å²) in [5, 5.41) is 1.67. The van der Waals surface area contributed by atoms with Gasteiger partial charge in [0.15, 0.2) is 0 Å². The normalized spacial score (nSPS) is 16.9. The minimum absolute atomic E-state index is 0.776. The number of allylic oxidation sites excluding steroid dienone is 2. The van der Waals surface area contributed by atoms with Crippen LogP contribution in [0.4, 0.5) is 0 Å². The van der Waals surface area contributed by atoms with Crippen LogP contribution in [-0.4, -0.2) is 8.07 Å². The van der Waals surface area contributed by atoms with E-state index in [0.717, 1.165) is 22.5 Å². The maximum absolute atomic E-state index is 2.56. The van der Waals surface area contributed by atoms with E-state index in [1.807, 2.05) is 0 Å². The van der Waals surface area contributed by atoms with E-state index in [4.69, 9.17) is 0 Å². The molecule has 0 bridgehead atoms. The SMILES string of the molecule is C/C=C(/c1cccc([Si](C(C)C)(C(C)C)C(C)C)c1)C1CC1. The summed E-state index contributed by atoms with van der Waals surface area (Å²) in [4.78, 5) is 0. The van der Waals surface area contributed by atoms with Gasteiger partial charge in [-0.15, -0.1) is 0 Å². The summed E-state index contributed by atoms with van der Waals surface area (Å²) in [5.41, 5.74) is 5.40. The van der Waals surface area contributed by atoms with Crippen molar-refractivity contribution in [1.29, 1.82) is 0 Å². The second-order valence-corrected chi connectivity index (χ2v) is 13.9. The molecular weight excluding hydrogens is 280 g/mol. The van der Waals surface area contributed by atoms with Gasteiger partial charge in [-0.3, -0.25) is 0 Å². The van der Waals surface area contributed by atoms with Gasteiger partial charge in [0.2, 0.25) is 0 Å². The van der Waals surface area contributed by atoms with Crippen molar-refractivity contribution in [3.8, 4) is 0 Å². The molecular formula is C21H34Si. The van der Waals surface area contributed by atoms with Crippen LogP contribution in [0.5, 0.6) is 0 Å². The van der Waals surface area contributed by atoms with Crippen LogP contribution in [-0.2, 0) is 0 Å². The van der Waals surface area contributed by atoms with Crippen molar-refractivity contribution < 1.29 is 0 Å². The molecule has 1 saturated carbocycles. The lowest BCUT2D eigenvalue weighted by molar-refractivity contribution is 0.835. The summed E-state index contributed by atoms with van der Waals surface area (Å²) in [6.07, 6.45) is 5.11. The Kier molecular flexibility index (Phi) is 5.37. The Morgan fingerprint density at radius 3 is 1.95 bits per heavy atom. The molecule has 0 amide bonds. The van der Waals surface area contributed by atoms with E-state index in [1.54, 1.807) is 10.8 Å². The van der Waals surface area contributed by atoms with E-state index in [0.29, 0.717) is 0 Å². The lowest BCUT2D eigenvalue weighted by atomic mass is 10.0. The molecule has 0 aliphatic heterocycles. The van der Waals surface area contributed by atoms with Gasteiger partial charge in [-0.1, -0.05) is 77.1 Å². The third-order valence-corrected chi connectivity index (χ3v) is 12.9. The molecule has 0 saturated heterocycles. The maximum Gasteiger partial charge on any atom is 0.0942 e. The van der Waals surface area contributed by atoms with Crippen LogP contribution in [0.15, 0.2) is 30.3 Å². The largest absolute Gasteiger partial charge is 0.0942 e. The van der Waals surface area contributed by atoms with Crippen LogP contribution in [0, 0.1) is 5.92 Å². The van der Waals surface area contributed by atoms with Crippen molar-refractivity contribution in [1.82, 2.24) is 0 Å². The molecule has 0 N–H and O–H groups in total. The molecule has 1 heteroatoms. The van der Waals surface area contributed by atoms with Crippen LogP contribution in [0.2, 0.25) is 16.6 Å². The smallest absolute Gasteiger partial charge is 0.0836 e. The second kappa shape index (κ2) is 6.74. The molecule has 0 radical (unpaired) electrons. The van der Waals surface area contributed by atoms with Crippen LogP contribution in [0.1, 0.15) is 66.9 Å². The molecule has 1 aliphatic rings. The quantitative estimate of drug-likeness (QED) is 0.534. The fourth-order valence-corrected chi connectivity index (χ4v) is 11.8. The van der Waals surface area contributed by atoms with Gasteiger partial charge >= 0.3 is 0 Å². The summed E-state index contributed by atoms with van der Waals surface area (Å²) in [7, 11) is -1.54. The minimum Gasteiger partial charge on any atom is -0.0836 e. The average Bonchev–Trinajstić information content (AvgIpc) is 3.24. The number of hydrogen-bond donors (Lipinski definition) is 0. The summed E-state index contributed by atoms with van der Waals surface area (Å²) < 4.78 is 0. The first-order valence-corrected chi connectivity index (χ1v) is 11.4. The first-order chi connectivity index (χ1) is 10.4. The standard InChI is InChI=1S/C21H34Si/c1-8-21(18-12-13-18)19-10-9-11-20(14-19)22(15(2)3,16(4)5)17(6)7/h8-11,14-18H,12-13H2,1-7H3/b21-8+. The number of hydrogen-bond acceptors (Lipinski definition) is 0. The monoisotopic (exact) mass is 314 g/mol. The van der Waals surface area contributed by atoms with Gasteiger partial charge in [-0.25, -0.2) is 0 Å². The van der Waals surface area contributed by atoms with E-state index in [1.165, 1.54) is 18.4 Å². The Hall–Kier alpha value is -0.823. The van der Waals surface area contributed by atoms with Gasteiger partial charge < -0.3 is 0 Å². The summed E-state index contributed by atoms with van der Waals surface area (Å²) in [6, 6.07) is 9.62. The Morgan fingerprint density at radius 2 is 1.55 bits per heavy atom. The maximum atomic E-state index is 2.56. The fraction of sp³-hybridized carbons (Fsp3) is 0.619. The highest BCUT2D eigenvalue weighted by Gasteiger charge is 2.44. The zero-order valence-corrected chi connectivity index (χ0v) is 16.6. The number of rotatable bonds is 6. The summed E-state index contributed by atoms with van der Waals surface area (Å²) >= 11 is 0. The van der Waals surface area contributed by atoms with Gasteiger partial charge in [0.1, 0.15) is 0 Å². The van der Waals surface area contributed by atoms with Crippen molar-refractivity contribution in [3.63, 3.8) is 0 Å². The Bertz CT molecular complexity index is 511. The van der Waals surface area contributed by atoms with E-state index in [2.05, 4.69) is 78.8 Å². The minimum atomic E-state index is -1.54. The van der Waals surface area contributed by atoms with E-state index in [-0.39, 0.29) is 0 Å².